The number of thioether (sulfide) groups is 1. The average molecular weight is 415 g/mol. The highest BCUT2D eigenvalue weighted by atomic mass is 32.2. The van der Waals surface area contributed by atoms with Gasteiger partial charge in [0.1, 0.15) is 0 Å². The smallest absolute Gasteiger partial charge is 0.269 e. The highest BCUT2D eigenvalue weighted by Gasteiger charge is 2.18. The number of methoxy groups -OCH3 is 1. The first kappa shape index (κ1) is 20.5. The Morgan fingerprint density at radius 2 is 1.69 bits per heavy atom. The summed E-state index contributed by atoms with van der Waals surface area (Å²) in [5.41, 5.74) is 5.93. The van der Waals surface area contributed by atoms with Crippen molar-refractivity contribution >= 4 is 35.2 Å². The van der Waals surface area contributed by atoms with E-state index in [1.54, 1.807) is 30.3 Å². The molecule has 0 fully saturated rings. The van der Waals surface area contributed by atoms with Gasteiger partial charge in [0, 0.05) is 16.0 Å². The van der Waals surface area contributed by atoms with Gasteiger partial charge in [-0.2, -0.15) is 0 Å². The zero-order valence-corrected chi connectivity index (χ0v) is 17.0. The molecule has 0 unspecified atom stereocenters. The van der Waals surface area contributed by atoms with E-state index in [1.165, 1.54) is 24.9 Å². The molecular formula is C20H21N3O5S. The SMILES string of the molecule is COc1cc(C(=O)NNC(=O)c2ccc3c(c2)NC(=O)CS3)ccc1OC(C)C. The maximum atomic E-state index is 12.4. The number of ether oxygens (including phenoxy) is 2. The molecule has 8 nitrogen and oxygen atoms in total. The Morgan fingerprint density at radius 3 is 2.34 bits per heavy atom. The fourth-order valence-electron chi connectivity index (χ4n) is 2.64. The number of anilines is 1. The van der Waals surface area contributed by atoms with Gasteiger partial charge in [-0.05, 0) is 50.2 Å². The van der Waals surface area contributed by atoms with Crippen molar-refractivity contribution in [3.63, 3.8) is 0 Å². The van der Waals surface area contributed by atoms with Crippen LogP contribution in [0.3, 0.4) is 0 Å². The molecule has 29 heavy (non-hydrogen) atoms. The van der Waals surface area contributed by atoms with Crippen molar-refractivity contribution in [3.8, 4) is 11.5 Å². The van der Waals surface area contributed by atoms with E-state index in [0.29, 0.717) is 34.1 Å². The second-order valence-electron chi connectivity index (χ2n) is 6.49. The molecule has 0 saturated carbocycles. The molecule has 0 spiro atoms. The summed E-state index contributed by atoms with van der Waals surface area (Å²) in [6.07, 6.45) is -0.0392. The van der Waals surface area contributed by atoms with E-state index < -0.39 is 11.8 Å². The second kappa shape index (κ2) is 8.87. The van der Waals surface area contributed by atoms with Crippen LogP contribution < -0.4 is 25.6 Å². The van der Waals surface area contributed by atoms with E-state index in [-0.39, 0.29) is 12.0 Å². The van der Waals surface area contributed by atoms with E-state index in [0.717, 1.165) is 4.90 Å². The van der Waals surface area contributed by atoms with Gasteiger partial charge in [0.15, 0.2) is 11.5 Å². The average Bonchev–Trinajstić information content (AvgIpc) is 2.71. The standard InChI is InChI=1S/C20H21N3O5S/c1-11(2)28-15-6-4-13(9-16(15)27-3)20(26)23-22-19(25)12-5-7-17-14(8-12)21-18(24)10-29-17/h4-9,11H,10H2,1-3H3,(H,21,24)(H,22,25)(H,23,26). The zero-order valence-electron chi connectivity index (χ0n) is 16.2. The van der Waals surface area contributed by atoms with Crippen LogP contribution in [0.4, 0.5) is 5.69 Å². The van der Waals surface area contributed by atoms with E-state index in [2.05, 4.69) is 16.2 Å². The van der Waals surface area contributed by atoms with Crippen LogP contribution in [0.25, 0.3) is 0 Å². The van der Waals surface area contributed by atoms with E-state index in [4.69, 9.17) is 9.47 Å². The minimum Gasteiger partial charge on any atom is -0.493 e. The lowest BCUT2D eigenvalue weighted by atomic mass is 10.2. The lowest BCUT2D eigenvalue weighted by molar-refractivity contribution is -0.113. The molecule has 9 heteroatoms. The zero-order chi connectivity index (χ0) is 21.0. The monoisotopic (exact) mass is 415 g/mol. The van der Waals surface area contributed by atoms with Gasteiger partial charge in [0.05, 0.1) is 24.7 Å². The molecule has 2 aromatic rings. The molecule has 0 bridgehead atoms. The van der Waals surface area contributed by atoms with Crippen LogP contribution in [0.5, 0.6) is 11.5 Å². The molecule has 0 saturated heterocycles. The first-order valence-electron chi connectivity index (χ1n) is 8.89. The lowest BCUT2D eigenvalue weighted by Crippen LogP contribution is -2.41. The molecule has 1 aliphatic heterocycles. The van der Waals surface area contributed by atoms with Crippen LogP contribution in [0.15, 0.2) is 41.3 Å². The van der Waals surface area contributed by atoms with Crippen molar-refractivity contribution in [2.24, 2.45) is 0 Å². The summed E-state index contributed by atoms with van der Waals surface area (Å²) in [6, 6.07) is 9.71. The Bertz CT molecular complexity index is 961. The van der Waals surface area contributed by atoms with E-state index in [1.807, 2.05) is 13.8 Å². The highest BCUT2D eigenvalue weighted by molar-refractivity contribution is 8.00. The second-order valence-corrected chi connectivity index (χ2v) is 7.51. The molecule has 152 valence electrons. The molecule has 0 radical (unpaired) electrons. The normalized spacial score (nSPS) is 12.6. The quantitative estimate of drug-likeness (QED) is 0.649. The Balaban J connectivity index is 1.65. The Kier molecular flexibility index (Phi) is 6.28. The third kappa shape index (κ3) is 5.00. The predicted molar refractivity (Wildman–Crippen MR) is 109 cm³/mol. The van der Waals surface area contributed by atoms with Crippen molar-refractivity contribution < 1.29 is 23.9 Å². The fraction of sp³-hybridized carbons (Fsp3) is 0.250. The summed E-state index contributed by atoms with van der Waals surface area (Å²) in [5, 5.41) is 2.72. The summed E-state index contributed by atoms with van der Waals surface area (Å²) in [5.74, 6) is 0.163. The van der Waals surface area contributed by atoms with Crippen molar-refractivity contribution in [1.29, 1.82) is 0 Å². The van der Waals surface area contributed by atoms with Crippen molar-refractivity contribution in [1.82, 2.24) is 10.9 Å². The minimum absolute atomic E-state index is 0.0392. The van der Waals surface area contributed by atoms with Crippen LogP contribution >= 0.6 is 11.8 Å². The van der Waals surface area contributed by atoms with Gasteiger partial charge in [-0.25, -0.2) is 0 Å². The molecule has 3 N–H and O–H groups in total. The lowest BCUT2D eigenvalue weighted by Gasteiger charge is -2.17. The number of hydrazine groups is 1. The third-order valence-electron chi connectivity index (χ3n) is 3.95. The molecule has 2 aromatic carbocycles. The first-order valence-corrected chi connectivity index (χ1v) is 9.88. The number of rotatable bonds is 5. The number of amides is 3. The molecular weight excluding hydrogens is 394 g/mol. The first-order chi connectivity index (χ1) is 13.9. The highest BCUT2D eigenvalue weighted by Crippen LogP contribution is 2.32. The van der Waals surface area contributed by atoms with Crippen LogP contribution in [0.1, 0.15) is 34.6 Å². The maximum absolute atomic E-state index is 12.4. The number of benzene rings is 2. The summed E-state index contributed by atoms with van der Waals surface area (Å²) in [4.78, 5) is 37.1. The van der Waals surface area contributed by atoms with E-state index >= 15 is 0 Å². The number of carbonyl (C=O) groups excluding carboxylic acids is 3. The van der Waals surface area contributed by atoms with Gasteiger partial charge in [-0.1, -0.05) is 0 Å². The van der Waals surface area contributed by atoms with Crippen LogP contribution in [-0.4, -0.2) is 36.7 Å². The Hall–Kier alpha value is -3.20. The Labute approximate surface area is 172 Å². The van der Waals surface area contributed by atoms with Gasteiger partial charge in [-0.15, -0.1) is 11.8 Å². The molecule has 3 rings (SSSR count). The molecule has 1 aliphatic rings. The maximum Gasteiger partial charge on any atom is 0.269 e. The molecule has 0 atom stereocenters. The van der Waals surface area contributed by atoms with Crippen molar-refractivity contribution in [2.45, 2.75) is 24.8 Å². The Morgan fingerprint density at radius 1 is 1.03 bits per heavy atom. The molecule has 0 aliphatic carbocycles. The number of fused-ring (bicyclic) bond motifs is 1. The molecule has 0 aromatic heterocycles. The fourth-order valence-corrected chi connectivity index (χ4v) is 3.43. The van der Waals surface area contributed by atoms with Crippen LogP contribution in [0, 0.1) is 0 Å². The summed E-state index contributed by atoms with van der Waals surface area (Å²) in [7, 11) is 1.49. The summed E-state index contributed by atoms with van der Waals surface area (Å²) < 4.78 is 10.9. The van der Waals surface area contributed by atoms with Gasteiger partial charge >= 0.3 is 0 Å². The predicted octanol–water partition coefficient (Wildman–Crippen LogP) is 2.60. The van der Waals surface area contributed by atoms with E-state index in [9.17, 15) is 14.4 Å². The van der Waals surface area contributed by atoms with Crippen LogP contribution in [-0.2, 0) is 4.79 Å². The topological polar surface area (TPSA) is 106 Å². The third-order valence-corrected chi connectivity index (χ3v) is 5.03. The molecule has 3 amide bonds. The minimum atomic E-state index is -0.505. The summed E-state index contributed by atoms with van der Waals surface area (Å²) in [6.45, 7) is 3.78. The molecule has 1 heterocycles. The largest absolute Gasteiger partial charge is 0.493 e. The van der Waals surface area contributed by atoms with Crippen molar-refractivity contribution in [3.05, 3.63) is 47.5 Å². The summed E-state index contributed by atoms with van der Waals surface area (Å²) >= 11 is 1.41. The van der Waals surface area contributed by atoms with Gasteiger partial charge < -0.3 is 14.8 Å². The van der Waals surface area contributed by atoms with Gasteiger partial charge in [0.25, 0.3) is 11.8 Å². The van der Waals surface area contributed by atoms with Crippen LogP contribution in [0.2, 0.25) is 0 Å². The number of nitrogens with one attached hydrogen (secondary N) is 3. The number of hydrogen-bond donors (Lipinski definition) is 3. The van der Waals surface area contributed by atoms with Gasteiger partial charge in [-0.3, -0.25) is 25.2 Å². The number of hydrogen-bond acceptors (Lipinski definition) is 6. The number of carbonyl (C=O) groups is 3. The van der Waals surface area contributed by atoms with Gasteiger partial charge in [0.2, 0.25) is 5.91 Å². The van der Waals surface area contributed by atoms with Crippen molar-refractivity contribution in [2.75, 3.05) is 18.2 Å².